The van der Waals surface area contributed by atoms with Gasteiger partial charge < -0.3 is 20.4 Å². The first-order chi connectivity index (χ1) is 12.4. The van der Waals surface area contributed by atoms with Gasteiger partial charge in [0, 0.05) is 5.56 Å². The first kappa shape index (κ1) is 17.0. The fourth-order valence-corrected chi connectivity index (χ4v) is 2.74. The monoisotopic (exact) mass is 350 g/mol. The number of carboxylic acids is 2. The number of aromatic hydroxyl groups is 2. The summed E-state index contributed by atoms with van der Waals surface area (Å²) in [5.41, 5.74) is 1.67. The first-order valence-electron chi connectivity index (χ1n) is 7.61. The lowest BCUT2D eigenvalue weighted by atomic mass is 9.91. The third-order valence-corrected chi connectivity index (χ3v) is 3.98. The van der Waals surface area contributed by atoms with Crippen molar-refractivity contribution in [3.05, 3.63) is 71.8 Å². The second-order valence-electron chi connectivity index (χ2n) is 5.63. The predicted molar refractivity (Wildman–Crippen MR) is 94.6 cm³/mol. The summed E-state index contributed by atoms with van der Waals surface area (Å²) in [6.45, 7) is 0. The molecule has 0 spiro atoms. The van der Waals surface area contributed by atoms with Crippen molar-refractivity contribution in [2.24, 2.45) is 0 Å². The van der Waals surface area contributed by atoms with Crippen molar-refractivity contribution in [2.45, 2.75) is 0 Å². The number of hydrogen-bond donors (Lipinski definition) is 4. The van der Waals surface area contributed by atoms with Crippen LogP contribution in [0.15, 0.2) is 60.7 Å². The van der Waals surface area contributed by atoms with Gasteiger partial charge in [-0.3, -0.25) is 0 Å². The summed E-state index contributed by atoms with van der Waals surface area (Å²) < 4.78 is 0. The number of rotatable bonds is 4. The molecule has 0 bridgehead atoms. The summed E-state index contributed by atoms with van der Waals surface area (Å²) in [6.07, 6.45) is 0. The predicted octanol–water partition coefficient (Wildman–Crippen LogP) is 3.83. The lowest BCUT2D eigenvalue weighted by Gasteiger charge is -2.14. The van der Waals surface area contributed by atoms with Crippen LogP contribution in [-0.4, -0.2) is 32.4 Å². The zero-order valence-corrected chi connectivity index (χ0v) is 13.4. The minimum atomic E-state index is -1.12. The lowest BCUT2D eigenvalue weighted by Crippen LogP contribution is -1.97. The minimum Gasteiger partial charge on any atom is -0.504 e. The van der Waals surface area contributed by atoms with Crippen LogP contribution in [0.5, 0.6) is 11.5 Å². The van der Waals surface area contributed by atoms with Crippen LogP contribution >= 0.6 is 0 Å². The van der Waals surface area contributed by atoms with Crippen molar-refractivity contribution < 1.29 is 30.0 Å². The Bertz CT molecular complexity index is 1020. The number of aromatic carboxylic acids is 2. The van der Waals surface area contributed by atoms with Gasteiger partial charge in [0.25, 0.3) is 0 Å². The molecule has 3 rings (SSSR count). The molecule has 0 saturated heterocycles. The molecule has 0 radical (unpaired) electrons. The van der Waals surface area contributed by atoms with Gasteiger partial charge in [0.1, 0.15) is 0 Å². The third kappa shape index (κ3) is 3.08. The average Bonchev–Trinajstić information content (AvgIpc) is 2.64. The van der Waals surface area contributed by atoms with Crippen molar-refractivity contribution in [2.75, 3.05) is 0 Å². The van der Waals surface area contributed by atoms with E-state index >= 15 is 0 Å². The first-order valence-corrected chi connectivity index (χ1v) is 7.61. The van der Waals surface area contributed by atoms with Crippen LogP contribution in [0.2, 0.25) is 0 Å². The second kappa shape index (κ2) is 6.60. The minimum absolute atomic E-state index is 0.0236. The summed E-state index contributed by atoms with van der Waals surface area (Å²) in [7, 11) is 0. The van der Waals surface area contributed by atoms with Gasteiger partial charge in [0.15, 0.2) is 11.5 Å². The highest BCUT2D eigenvalue weighted by molar-refractivity contribution is 5.95. The largest absolute Gasteiger partial charge is 0.504 e. The van der Waals surface area contributed by atoms with Gasteiger partial charge in [-0.1, -0.05) is 24.3 Å². The fraction of sp³-hybridized carbons (Fsp3) is 0. The molecule has 0 saturated carbocycles. The molecular formula is C20H14O6. The fourth-order valence-electron chi connectivity index (χ4n) is 2.74. The Labute approximate surface area is 148 Å². The molecule has 0 heterocycles. The summed E-state index contributed by atoms with van der Waals surface area (Å²) in [6, 6.07) is 14.9. The zero-order chi connectivity index (χ0) is 18.8. The number of hydrogen-bond acceptors (Lipinski definition) is 4. The molecule has 6 heteroatoms. The quantitative estimate of drug-likeness (QED) is 0.532. The number of carboxylic acid groups (broad SMARTS) is 2. The molecule has 0 aromatic heterocycles. The van der Waals surface area contributed by atoms with Gasteiger partial charge in [0.2, 0.25) is 0 Å². The van der Waals surface area contributed by atoms with Crippen LogP contribution in [0.4, 0.5) is 0 Å². The number of phenolic OH excluding ortho intramolecular Hbond substituents is 2. The Kier molecular flexibility index (Phi) is 4.33. The van der Waals surface area contributed by atoms with E-state index in [1.54, 1.807) is 24.3 Å². The lowest BCUT2D eigenvalue weighted by molar-refractivity contribution is 0.0686. The SMILES string of the molecule is O=C(O)c1cccc(-c2ccc(O)c(O)c2-c2cccc(C(=O)O)c2)c1. The Morgan fingerprint density at radius 3 is 1.81 bits per heavy atom. The van der Waals surface area contributed by atoms with E-state index in [1.165, 1.54) is 36.4 Å². The molecular weight excluding hydrogens is 336 g/mol. The van der Waals surface area contributed by atoms with E-state index in [2.05, 4.69) is 0 Å². The smallest absolute Gasteiger partial charge is 0.335 e. The van der Waals surface area contributed by atoms with E-state index in [0.29, 0.717) is 16.7 Å². The van der Waals surface area contributed by atoms with E-state index in [4.69, 9.17) is 0 Å². The van der Waals surface area contributed by atoms with Crippen LogP contribution in [0.25, 0.3) is 22.3 Å². The summed E-state index contributed by atoms with van der Waals surface area (Å²) in [4.78, 5) is 22.5. The van der Waals surface area contributed by atoms with Crippen molar-refractivity contribution in [3.8, 4) is 33.8 Å². The molecule has 0 unspecified atom stereocenters. The van der Waals surface area contributed by atoms with E-state index in [-0.39, 0.29) is 22.4 Å². The maximum atomic E-state index is 11.2. The highest BCUT2D eigenvalue weighted by Gasteiger charge is 2.18. The van der Waals surface area contributed by atoms with Gasteiger partial charge >= 0.3 is 11.9 Å². The second-order valence-corrected chi connectivity index (χ2v) is 5.63. The third-order valence-electron chi connectivity index (χ3n) is 3.98. The van der Waals surface area contributed by atoms with E-state index in [0.717, 1.165) is 0 Å². The Hall–Kier alpha value is -3.80. The Morgan fingerprint density at radius 1 is 0.692 bits per heavy atom. The number of phenols is 2. The molecule has 4 N–H and O–H groups in total. The Balaban J connectivity index is 2.27. The van der Waals surface area contributed by atoms with E-state index < -0.39 is 17.7 Å². The van der Waals surface area contributed by atoms with Crippen LogP contribution < -0.4 is 0 Å². The van der Waals surface area contributed by atoms with Gasteiger partial charge in [-0.25, -0.2) is 9.59 Å². The van der Waals surface area contributed by atoms with Crippen LogP contribution in [0.3, 0.4) is 0 Å². The molecule has 0 aliphatic heterocycles. The molecule has 0 aliphatic carbocycles. The zero-order valence-electron chi connectivity index (χ0n) is 13.4. The maximum absolute atomic E-state index is 11.2. The van der Waals surface area contributed by atoms with Crippen molar-refractivity contribution in [3.63, 3.8) is 0 Å². The standard InChI is InChI=1S/C20H14O6/c21-16-8-7-15(11-3-1-5-13(9-11)19(23)24)17(18(16)22)12-4-2-6-14(10-12)20(25)26/h1-10,21-22H,(H,23,24)(H,25,26). The van der Waals surface area contributed by atoms with Crippen LogP contribution in [0.1, 0.15) is 20.7 Å². The van der Waals surface area contributed by atoms with Crippen molar-refractivity contribution in [1.82, 2.24) is 0 Å². The van der Waals surface area contributed by atoms with Crippen LogP contribution in [-0.2, 0) is 0 Å². The molecule has 130 valence electrons. The summed E-state index contributed by atoms with van der Waals surface area (Å²) in [5.74, 6) is -2.99. The number of benzene rings is 3. The van der Waals surface area contributed by atoms with E-state index in [9.17, 15) is 30.0 Å². The number of carbonyl (C=O) groups is 2. The molecule has 3 aromatic rings. The van der Waals surface area contributed by atoms with Gasteiger partial charge in [-0.15, -0.1) is 0 Å². The molecule has 0 atom stereocenters. The van der Waals surface area contributed by atoms with Crippen molar-refractivity contribution >= 4 is 11.9 Å². The molecule has 6 nitrogen and oxygen atoms in total. The molecule has 26 heavy (non-hydrogen) atoms. The van der Waals surface area contributed by atoms with Gasteiger partial charge in [-0.2, -0.15) is 0 Å². The van der Waals surface area contributed by atoms with E-state index in [1.807, 2.05) is 0 Å². The molecule has 0 fully saturated rings. The summed E-state index contributed by atoms with van der Waals surface area (Å²) >= 11 is 0. The topological polar surface area (TPSA) is 115 Å². The van der Waals surface area contributed by atoms with Crippen LogP contribution in [0, 0.1) is 0 Å². The molecule has 0 amide bonds. The molecule has 0 aliphatic rings. The Morgan fingerprint density at radius 2 is 1.23 bits per heavy atom. The maximum Gasteiger partial charge on any atom is 0.335 e. The molecule has 3 aromatic carbocycles. The highest BCUT2D eigenvalue weighted by atomic mass is 16.4. The normalized spacial score (nSPS) is 10.5. The average molecular weight is 350 g/mol. The van der Waals surface area contributed by atoms with Gasteiger partial charge in [0.05, 0.1) is 11.1 Å². The van der Waals surface area contributed by atoms with Gasteiger partial charge in [-0.05, 0) is 53.1 Å². The van der Waals surface area contributed by atoms with Crippen molar-refractivity contribution in [1.29, 1.82) is 0 Å². The highest BCUT2D eigenvalue weighted by Crippen LogP contribution is 2.43. The summed E-state index contributed by atoms with van der Waals surface area (Å²) in [5, 5.41) is 38.7.